The van der Waals surface area contributed by atoms with E-state index in [4.69, 9.17) is 0 Å². The second-order valence-electron chi connectivity index (χ2n) is 6.27. The first-order chi connectivity index (χ1) is 11.7. The molecule has 1 aliphatic rings. The highest BCUT2D eigenvalue weighted by atomic mass is 16.2. The minimum Gasteiger partial charge on any atom is -0.350 e. The van der Waals surface area contributed by atoms with Crippen molar-refractivity contribution in [2.75, 3.05) is 13.1 Å². The van der Waals surface area contributed by atoms with Gasteiger partial charge in [0.2, 0.25) is 0 Å². The van der Waals surface area contributed by atoms with Crippen LogP contribution in [-0.2, 0) is 7.05 Å². The predicted molar refractivity (Wildman–Crippen MR) is 97.9 cm³/mol. The van der Waals surface area contributed by atoms with Crippen LogP contribution in [0.25, 0.3) is 16.5 Å². The van der Waals surface area contributed by atoms with Crippen LogP contribution in [0.3, 0.4) is 0 Å². The molecule has 2 heterocycles. The molecule has 1 aromatic heterocycles. The smallest absolute Gasteiger partial charge is 0.254 e. The van der Waals surface area contributed by atoms with Crippen molar-refractivity contribution in [2.24, 2.45) is 7.05 Å². The molecule has 3 aromatic rings. The van der Waals surface area contributed by atoms with Crippen molar-refractivity contribution in [2.45, 2.75) is 6.42 Å². The average Bonchev–Trinajstić information content (AvgIpc) is 2.99. The van der Waals surface area contributed by atoms with E-state index in [-0.39, 0.29) is 5.91 Å². The molecule has 0 atom stereocenters. The summed E-state index contributed by atoms with van der Waals surface area (Å²) >= 11 is 0. The molecule has 1 amide bonds. The van der Waals surface area contributed by atoms with Crippen LogP contribution in [0.5, 0.6) is 0 Å². The first kappa shape index (κ1) is 14.8. The molecule has 120 valence electrons. The van der Waals surface area contributed by atoms with E-state index >= 15 is 0 Å². The van der Waals surface area contributed by atoms with Crippen LogP contribution >= 0.6 is 0 Å². The van der Waals surface area contributed by atoms with Crippen LogP contribution < -0.4 is 0 Å². The van der Waals surface area contributed by atoms with Gasteiger partial charge in [0.15, 0.2) is 0 Å². The molecule has 3 nitrogen and oxygen atoms in total. The fourth-order valence-corrected chi connectivity index (χ4v) is 3.46. The Hall–Kier alpha value is -2.81. The number of aryl methyl sites for hydroxylation is 1. The Morgan fingerprint density at radius 2 is 1.75 bits per heavy atom. The van der Waals surface area contributed by atoms with Gasteiger partial charge in [0.05, 0.1) is 0 Å². The number of aromatic nitrogens is 1. The van der Waals surface area contributed by atoms with Gasteiger partial charge < -0.3 is 9.47 Å². The van der Waals surface area contributed by atoms with Crippen molar-refractivity contribution in [1.82, 2.24) is 9.47 Å². The second kappa shape index (κ2) is 6.00. The number of carbonyl (C=O) groups excluding carboxylic acids is 1. The van der Waals surface area contributed by atoms with Gasteiger partial charge in [-0.2, -0.15) is 0 Å². The number of rotatable bonds is 2. The predicted octanol–water partition coefficient (Wildman–Crippen LogP) is 4.11. The average molecular weight is 316 g/mol. The minimum atomic E-state index is 0.115. The van der Waals surface area contributed by atoms with E-state index in [0.29, 0.717) is 6.54 Å². The molecule has 0 unspecified atom stereocenters. The summed E-state index contributed by atoms with van der Waals surface area (Å²) in [5.41, 5.74) is 4.64. The summed E-state index contributed by atoms with van der Waals surface area (Å²) in [6.45, 7) is 1.44. The lowest BCUT2D eigenvalue weighted by molar-refractivity contribution is 0.0773. The van der Waals surface area contributed by atoms with Gasteiger partial charge in [-0.1, -0.05) is 42.5 Å². The first-order valence-electron chi connectivity index (χ1n) is 8.32. The summed E-state index contributed by atoms with van der Waals surface area (Å²) in [4.78, 5) is 14.5. The summed E-state index contributed by atoms with van der Waals surface area (Å²) in [5.74, 6) is 0.115. The van der Waals surface area contributed by atoms with E-state index in [9.17, 15) is 4.79 Å². The fraction of sp³-hybridized carbons (Fsp3) is 0.190. The number of benzene rings is 2. The topological polar surface area (TPSA) is 25.2 Å². The zero-order valence-electron chi connectivity index (χ0n) is 13.8. The van der Waals surface area contributed by atoms with Crippen LogP contribution in [0.4, 0.5) is 0 Å². The third-order valence-electron chi connectivity index (χ3n) is 4.76. The summed E-state index contributed by atoms with van der Waals surface area (Å²) in [6, 6.07) is 18.0. The molecule has 0 fully saturated rings. The van der Waals surface area contributed by atoms with Gasteiger partial charge in [0, 0.05) is 48.4 Å². The van der Waals surface area contributed by atoms with Crippen LogP contribution in [0.2, 0.25) is 0 Å². The van der Waals surface area contributed by atoms with Gasteiger partial charge in [0.1, 0.15) is 0 Å². The molecule has 24 heavy (non-hydrogen) atoms. The summed E-state index contributed by atoms with van der Waals surface area (Å²) in [6.07, 6.45) is 5.30. The molecule has 0 aliphatic carbocycles. The van der Waals surface area contributed by atoms with Gasteiger partial charge in [-0.15, -0.1) is 0 Å². The number of amides is 1. The maximum absolute atomic E-state index is 12.6. The van der Waals surface area contributed by atoms with E-state index in [1.165, 1.54) is 22.0 Å². The number of hydrogen-bond donors (Lipinski definition) is 0. The summed E-state index contributed by atoms with van der Waals surface area (Å²) < 4.78 is 2.17. The molecule has 1 aliphatic heterocycles. The lowest BCUT2D eigenvalue weighted by Crippen LogP contribution is -2.34. The van der Waals surface area contributed by atoms with Gasteiger partial charge in [-0.3, -0.25) is 4.79 Å². The van der Waals surface area contributed by atoms with Gasteiger partial charge in [0.25, 0.3) is 5.91 Å². The summed E-state index contributed by atoms with van der Waals surface area (Å²) in [5, 5.41) is 1.29. The Labute approximate surface area is 141 Å². The Morgan fingerprint density at radius 1 is 1.00 bits per heavy atom. The Morgan fingerprint density at radius 3 is 2.50 bits per heavy atom. The van der Waals surface area contributed by atoms with E-state index in [2.05, 4.69) is 48.2 Å². The largest absolute Gasteiger partial charge is 0.350 e. The number of fused-ring (bicyclic) bond motifs is 1. The minimum absolute atomic E-state index is 0.115. The van der Waals surface area contributed by atoms with E-state index in [1.54, 1.807) is 0 Å². The fourth-order valence-electron chi connectivity index (χ4n) is 3.46. The van der Waals surface area contributed by atoms with Gasteiger partial charge in [-0.25, -0.2) is 0 Å². The Bertz CT molecular complexity index is 921. The van der Waals surface area contributed by atoms with E-state index < -0.39 is 0 Å². The van der Waals surface area contributed by atoms with Crippen molar-refractivity contribution in [3.63, 3.8) is 0 Å². The molecule has 0 N–H and O–H groups in total. The Balaban J connectivity index is 1.59. The molecule has 0 saturated carbocycles. The zero-order chi connectivity index (χ0) is 16.5. The normalized spacial score (nSPS) is 14.7. The maximum atomic E-state index is 12.6. The van der Waals surface area contributed by atoms with Crippen molar-refractivity contribution >= 4 is 22.4 Å². The molecule has 0 bridgehead atoms. The highest BCUT2D eigenvalue weighted by molar-refractivity contribution is 5.96. The van der Waals surface area contributed by atoms with Crippen LogP contribution in [0.15, 0.2) is 66.9 Å². The number of carbonyl (C=O) groups is 1. The molecule has 2 aromatic carbocycles. The van der Waals surface area contributed by atoms with Gasteiger partial charge >= 0.3 is 0 Å². The highest BCUT2D eigenvalue weighted by Gasteiger charge is 2.20. The van der Waals surface area contributed by atoms with Crippen molar-refractivity contribution in [3.8, 4) is 0 Å². The standard InChI is InChI=1S/C21H20N2O/c1-22-15-19(18-9-5-6-10-20(18)22)16-11-13-23(14-12-16)21(24)17-7-3-2-4-8-17/h2-11,15H,12-14H2,1H3. The first-order valence-corrected chi connectivity index (χ1v) is 8.32. The zero-order valence-corrected chi connectivity index (χ0v) is 13.8. The quantitative estimate of drug-likeness (QED) is 0.698. The molecule has 0 radical (unpaired) electrons. The van der Waals surface area contributed by atoms with Crippen LogP contribution in [-0.4, -0.2) is 28.5 Å². The third kappa shape index (κ3) is 2.52. The molecular formula is C21H20N2O. The Kier molecular flexibility index (Phi) is 3.69. The highest BCUT2D eigenvalue weighted by Crippen LogP contribution is 2.30. The van der Waals surface area contributed by atoms with Crippen LogP contribution in [0.1, 0.15) is 22.3 Å². The SMILES string of the molecule is Cn1cc(C2=CCN(C(=O)c3ccccc3)CC2)c2ccccc21. The molecule has 3 heteroatoms. The molecule has 0 saturated heterocycles. The number of hydrogen-bond acceptors (Lipinski definition) is 1. The van der Waals surface area contributed by atoms with Crippen molar-refractivity contribution in [1.29, 1.82) is 0 Å². The lowest BCUT2D eigenvalue weighted by atomic mass is 9.98. The summed E-state index contributed by atoms with van der Waals surface area (Å²) in [7, 11) is 2.08. The second-order valence-corrected chi connectivity index (χ2v) is 6.27. The number of para-hydroxylation sites is 1. The van der Waals surface area contributed by atoms with Crippen molar-refractivity contribution in [3.05, 3.63) is 78.0 Å². The number of nitrogens with zero attached hydrogens (tertiary/aromatic N) is 2. The van der Waals surface area contributed by atoms with E-state index in [0.717, 1.165) is 18.5 Å². The third-order valence-corrected chi connectivity index (χ3v) is 4.76. The monoisotopic (exact) mass is 316 g/mol. The van der Waals surface area contributed by atoms with Crippen molar-refractivity contribution < 1.29 is 4.79 Å². The lowest BCUT2D eigenvalue weighted by Gasteiger charge is -2.26. The molecule has 4 rings (SSSR count). The van der Waals surface area contributed by atoms with Crippen LogP contribution in [0, 0.1) is 0 Å². The molecule has 0 spiro atoms. The van der Waals surface area contributed by atoms with E-state index in [1.807, 2.05) is 35.2 Å². The molecular weight excluding hydrogens is 296 g/mol. The van der Waals surface area contributed by atoms with Gasteiger partial charge in [-0.05, 0) is 30.2 Å². The maximum Gasteiger partial charge on any atom is 0.254 e.